The fraction of sp³-hybridized carbons (Fsp3) is 0.250. The highest BCUT2D eigenvalue weighted by atomic mass is 19.1. The maximum absolute atomic E-state index is 14.4. The average molecular weight is 402 g/mol. The third kappa shape index (κ3) is 3.44. The predicted molar refractivity (Wildman–Crippen MR) is 116 cm³/mol. The molecule has 152 valence electrons. The van der Waals surface area contributed by atoms with Crippen molar-refractivity contribution in [1.82, 2.24) is 20.1 Å². The van der Waals surface area contributed by atoms with Crippen molar-refractivity contribution >= 4 is 11.0 Å². The van der Waals surface area contributed by atoms with Gasteiger partial charge in [0.15, 0.2) is 5.65 Å². The maximum Gasteiger partial charge on any atom is 0.155 e. The fourth-order valence-electron chi connectivity index (χ4n) is 4.16. The largest absolute Gasteiger partial charge is 0.496 e. The Labute approximate surface area is 174 Å². The number of nitrogens with zero attached hydrogens (tertiary/aromatic N) is 3. The third-order valence-corrected chi connectivity index (χ3v) is 5.75. The molecule has 3 heterocycles. The van der Waals surface area contributed by atoms with E-state index in [4.69, 9.17) is 4.74 Å². The number of benzene rings is 2. The summed E-state index contributed by atoms with van der Waals surface area (Å²) in [6, 6.07) is 15.2. The summed E-state index contributed by atoms with van der Waals surface area (Å²) in [5, 5.41) is 8.38. The molecule has 1 aliphatic heterocycles. The van der Waals surface area contributed by atoms with E-state index in [0.29, 0.717) is 12.2 Å². The molecule has 30 heavy (non-hydrogen) atoms. The van der Waals surface area contributed by atoms with E-state index >= 15 is 0 Å². The topological polar surface area (TPSA) is 54.0 Å². The van der Waals surface area contributed by atoms with Crippen molar-refractivity contribution < 1.29 is 9.13 Å². The molecule has 0 saturated carbocycles. The Morgan fingerprint density at radius 3 is 2.73 bits per heavy atom. The Bertz CT molecular complexity index is 1200. The van der Waals surface area contributed by atoms with Crippen molar-refractivity contribution in [3.8, 4) is 28.1 Å². The Morgan fingerprint density at radius 2 is 1.90 bits per heavy atom. The lowest BCUT2D eigenvalue weighted by atomic mass is 10.0. The first-order valence-corrected chi connectivity index (χ1v) is 10.2. The number of hydrogen-bond donors (Lipinski definition) is 1. The molecule has 1 aliphatic rings. The summed E-state index contributed by atoms with van der Waals surface area (Å²) < 4.78 is 19.9. The molecule has 0 bridgehead atoms. The molecule has 0 aliphatic carbocycles. The lowest BCUT2D eigenvalue weighted by Gasteiger charge is -2.16. The first kappa shape index (κ1) is 18.8. The van der Waals surface area contributed by atoms with Gasteiger partial charge in [0.25, 0.3) is 0 Å². The van der Waals surface area contributed by atoms with Crippen molar-refractivity contribution in [3.63, 3.8) is 0 Å². The molecule has 5 nitrogen and oxygen atoms in total. The summed E-state index contributed by atoms with van der Waals surface area (Å²) in [7, 11) is 1.65. The first-order chi connectivity index (χ1) is 14.7. The van der Waals surface area contributed by atoms with Crippen LogP contribution < -0.4 is 4.74 Å². The molecule has 0 unspecified atom stereocenters. The lowest BCUT2D eigenvalue weighted by molar-refractivity contribution is 0.325. The van der Waals surface area contributed by atoms with Crippen molar-refractivity contribution in [1.29, 1.82) is 0 Å². The van der Waals surface area contributed by atoms with Crippen LogP contribution >= 0.6 is 0 Å². The molecule has 0 amide bonds. The van der Waals surface area contributed by atoms with E-state index in [9.17, 15) is 4.39 Å². The molecule has 2 aromatic heterocycles. The van der Waals surface area contributed by atoms with E-state index in [-0.39, 0.29) is 5.82 Å². The molecule has 2 aromatic carbocycles. The Hall–Kier alpha value is -3.25. The zero-order chi connectivity index (χ0) is 20.5. The van der Waals surface area contributed by atoms with Crippen molar-refractivity contribution in [2.45, 2.75) is 19.4 Å². The normalized spacial score (nSPS) is 14.5. The number of fused-ring (bicyclic) bond motifs is 1. The smallest absolute Gasteiger partial charge is 0.155 e. The summed E-state index contributed by atoms with van der Waals surface area (Å²) in [5.74, 6) is 0.601. The standard InChI is InChI=1S/C24H23FN4O/c1-30-22-7-3-2-6-19(22)23-20-13-17(14-26-24(20)28-27-23)16-8-9-21(25)18(12-16)15-29-10-4-5-11-29/h2-3,6-9,12-14H,4-5,10-11,15H2,1H3,(H,26,27,28). The second-order valence-corrected chi connectivity index (χ2v) is 7.68. The lowest BCUT2D eigenvalue weighted by Crippen LogP contribution is -2.19. The number of pyridine rings is 1. The zero-order valence-electron chi connectivity index (χ0n) is 16.9. The van der Waals surface area contributed by atoms with Crippen LogP contribution in [0.3, 0.4) is 0 Å². The van der Waals surface area contributed by atoms with Gasteiger partial charge in [-0.3, -0.25) is 10.00 Å². The van der Waals surface area contributed by atoms with Crippen LogP contribution in [0.4, 0.5) is 4.39 Å². The molecule has 0 spiro atoms. The summed E-state index contributed by atoms with van der Waals surface area (Å²) in [6.45, 7) is 2.72. The van der Waals surface area contributed by atoms with E-state index in [1.165, 1.54) is 12.8 Å². The number of likely N-dealkylation sites (tertiary alicyclic amines) is 1. The van der Waals surface area contributed by atoms with Gasteiger partial charge in [-0.2, -0.15) is 5.10 Å². The van der Waals surface area contributed by atoms with Crippen LogP contribution in [0.15, 0.2) is 54.7 Å². The van der Waals surface area contributed by atoms with Gasteiger partial charge in [0, 0.05) is 34.8 Å². The number of para-hydroxylation sites is 1. The van der Waals surface area contributed by atoms with Gasteiger partial charge in [-0.05, 0) is 61.8 Å². The summed E-state index contributed by atoms with van der Waals surface area (Å²) >= 11 is 0. The fourth-order valence-corrected chi connectivity index (χ4v) is 4.16. The quantitative estimate of drug-likeness (QED) is 0.508. The van der Waals surface area contributed by atoms with Crippen molar-refractivity contribution in [2.24, 2.45) is 0 Å². The number of aromatic nitrogens is 3. The first-order valence-electron chi connectivity index (χ1n) is 10.2. The molecule has 1 fully saturated rings. The molecule has 6 heteroatoms. The molecule has 0 radical (unpaired) electrons. The molecular weight excluding hydrogens is 379 g/mol. The van der Waals surface area contributed by atoms with Gasteiger partial charge in [-0.1, -0.05) is 18.2 Å². The van der Waals surface area contributed by atoms with E-state index in [1.54, 1.807) is 19.4 Å². The third-order valence-electron chi connectivity index (χ3n) is 5.75. The van der Waals surface area contributed by atoms with Gasteiger partial charge in [0.05, 0.1) is 7.11 Å². The van der Waals surface area contributed by atoms with Gasteiger partial charge >= 0.3 is 0 Å². The summed E-state index contributed by atoms with van der Waals surface area (Å²) in [6.07, 6.45) is 4.18. The molecule has 1 saturated heterocycles. The highest BCUT2D eigenvalue weighted by molar-refractivity contribution is 5.94. The minimum Gasteiger partial charge on any atom is -0.496 e. The Kier molecular flexibility index (Phi) is 4.93. The number of methoxy groups -OCH3 is 1. The van der Waals surface area contributed by atoms with Crippen LogP contribution in [-0.2, 0) is 6.54 Å². The predicted octanol–water partition coefficient (Wildman–Crippen LogP) is 5.04. The van der Waals surface area contributed by atoms with Crippen LogP contribution in [0, 0.1) is 5.82 Å². The second kappa shape index (κ2) is 7.88. The number of aromatic amines is 1. The van der Waals surface area contributed by atoms with Gasteiger partial charge in [-0.15, -0.1) is 0 Å². The number of nitrogens with one attached hydrogen (secondary N) is 1. The number of hydrogen-bond acceptors (Lipinski definition) is 4. The molecular formula is C24H23FN4O. The molecule has 5 rings (SSSR count). The number of rotatable bonds is 5. The molecule has 1 N–H and O–H groups in total. The van der Waals surface area contributed by atoms with E-state index in [0.717, 1.165) is 52.2 Å². The number of halogens is 1. The van der Waals surface area contributed by atoms with Crippen LogP contribution in [0.2, 0.25) is 0 Å². The van der Waals surface area contributed by atoms with E-state index in [2.05, 4.69) is 26.1 Å². The summed E-state index contributed by atoms with van der Waals surface area (Å²) in [5.41, 5.74) is 5.01. The van der Waals surface area contributed by atoms with Crippen LogP contribution in [-0.4, -0.2) is 40.3 Å². The minimum absolute atomic E-state index is 0.155. The van der Waals surface area contributed by atoms with E-state index < -0.39 is 0 Å². The maximum atomic E-state index is 14.4. The highest BCUT2D eigenvalue weighted by Gasteiger charge is 2.17. The Morgan fingerprint density at radius 1 is 1.07 bits per heavy atom. The van der Waals surface area contributed by atoms with Crippen LogP contribution in [0.5, 0.6) is 5.75 Å². The average Bonchev–Trinajstić information content (AvgIpc) is 3.44. The van der Waals surface area contributed by atoms with E-state index in [1.807, 2.05) is 36.4 Å². The van der Waals surface area contributed by atoms with Crippen molar-refractivity contribution in [2.75, 3.05) is 20.2 Å². The van der Waals surface area contributed by atoms with Crippen LogP contribution in [0.1, 0.15) is 18.4 Å². The highest BCUT2D eigenvalue weighted by Crippen LogP contribution is 2.34. The number of H-pyrrole nitrogens is 1. The zero-order valence-corrected chi connectivity index (χ0v) is 16.9. The summed E-state index contributed by atoms with van der Waals surface area (Å²) in [4.78, 5) is 6.86. The monoisotopic (exact) mass is 402 g/mol. The Balaban J connectivity index is 1.55. The number of ether oxygens (including phenoxy) is 1. The second-order valence-electron chi connectivity index (χ2n) is 7.68. The van der Waals surface area contributed by atoms with Crippen molar-refractivity contribution in [3.05, 3.63) is 66.1 Å². The van der Waals surface area contributed by atoms with Gasteiger partial charge in [0.1, 0.15) is 17.3 Å². The minimum atomic E-state index is -0.155. The SMILES string of the molecule is COc1ccccc1-c1n[nH]c2ncc(-c3ccc(F)c(CN4CCCC4)c3)cc12. The van der Waals surface area contributed by atoms with Gasteiger partial charge in [-0.25, -0.2) is 9.37 Å². The molecule has 0 atom stereocenters. The van der Waals surface area contributed by atoms with Crippen LogP contribution in [0.25, 0.3) is 33.4 Å². The van der Waals surface area contributed by atoms with Gasteiger partial charge in [0.2, 0.25) is 0 Å². The molecule has 4 aromatic rings. The van der Waals surface area contributed by atoms with Gasteiger partial charge < -0.3 is 4.74 Å².